The number of carbonyl (C=O) groups is 1. The summed E-state index contributed by atoms with van der Waals surface area (Å²) < 4.78 is 1.97. The smallest absolute Gasteiger partial charge is 0.225 e. The number of hydrogen-bond acceptors (Lipinski definition) is 5. The Hall–Kier alpha value is -3.74. The van der Waals surface area contributed by atoms with Gasteiger partial charge in [-0.2, -0.15) is 0 Å². The quantitative estimate of drug-likeness (QED) is 0.544. The normalized spacial score (nSPS) is 11.6. The summed E-state index contributed by atoms with van der Waals surface area (Å²) in [5.74, 6) is 1.12. The first kappa shape index (κ1) is 19.6. The topological polar surface area (TPSA) is 98.7 Å². The van der Waals surface area contributed by atoms with Crippen LogP contribution in [-0.4, -0.2) is 25.4 Å². The third-order valence-corrected chi connectivity index (χ3v) is 4.82. The van der Waals surface area contributed by atoms with Gasteiger partial charge in [0.1, 0.15) is 11.3 Å². The van der Waals surface area contributed by atoms with Crippen molar-refractivity contribution < 1.29 is 4.79 Å². The lowest BCUT2D eigenvalue weighted by atomic mass is 9.95. The van der Waals surface area contributed by atoms with E-state index in [1.54, 1.807) is 12.4 Å². The number of imidazole rings is 1. The first-order valence-electron chi connectivity index (χ1n) is 9.76. The zero-order chi connectivity index (χ0) is 21.3. The van der Waals surface area contributed by atoms with Crippen LogP contribution in [0.2, 0.25) is 0 Å². The van der Waals surface area contributed by atoms with Crippen molar-refractivity contribution >= 4 is 22.9 Å². The van der Waals surface area contributed by atoms with Gasteiger partial charge in [-0.3, -0.25) is 9.36 Å². The zero-order valence-corrected chi connectivity index (χ0v) is 17.3. The molecule has 152 valence electrons. The van der Waals surface area contributed by atoms with Gasteiger partial charge in [0, 0.05) is 30.0 Å². The van der Waals surface area contributed by atoms with Crippen molar-refractivity contribution in [2.75, 3.05) is 5.73 Å². The monoisotopic (exact) mass is 400 g/mol. The molecule has 3 heterocycles. The van der Waals surface area contributed by atoms with E-state index < -0.39 is 5.41 Å². The summed E-state index contributed by atoms with van der Waals surface area (Å²) in [5.41, 5.74) is 9.88. The molecule has 0 spiro atoms. The van der Waals surface area contributed by atoms with E-state index in [2.05, 4.69) is 15.3 Å². The molecule has 0 unspecified atom stereocenters. The van der Waals surface area contributed by atoms with Crippen molar-refractivity contribution in [2.24, 2.45) is 5.41 Å². The maximum Gasteiger partial charge on any atom is 0.225 e. The lowest BCUT2D eigenvalue weighted by Crippen LogP contribution is -2.34. The summed E-state index contributed by atoms with van der Waals surface area (Å²) >= 11 is 0. The van der Waals surface area contributed by atoms with Crippen LogP contribution in [0.5, 0.6) is 0 Å². The number of nitrogens with one attached hydrogen (secondary N) is 1. The molecule has 3 aromatic heterocycles. The van der Waals surface area contributed by atoms with E-state index in [1.807, 2.05) is 73.9 Å². The Bertz CT molecular complexity index is 1200. The van der Waals surface area contributed by atoms with Crippen LogP contribution in [0.3, 0.4) is 0 Å². The molecule has 0 aliphatic rings. The highest BCUT2D eigenvalue weighted by molar-refractivity contribution is 5.83. The van der Waals surface area contributed by atoms with Gasteiger partial charge in [0.15, 0.2) is 11.5 Å². The molecule has 0 saturated heterocycles. The Kier molecular flexibility index (Phi) is 4.95. The average molecular weight is 400 g/mol. The minimum Gasteiger partial charge on any atom is -0.383 e. The molecule has 1 aromatic carbocycles. The Morgan fingerprint density at radius 2 is 1.73 bits per heavy atom. The van der Waals surface area contributed by atoms with Gasteiger partial charge < -0.3 is 11.1 Å². The summed E-state index contributed by atoms with van der Waals surface area (Å²) in [4.78, 5) is 25.6. The molecule has 1 amide bonds. The molecule has 0 radical (unpaired) electrons. The van der Waals surface area contributed by atoms with Crippen molar-refractivity contribution in [3.63, 3.8) is 0 Å². The minimum absolute atomic E-state index is 0.0192. The van der Waals surface area contributed by atoms with Gasteiger partial charge in [-0.15, -0.1) is 0 Å². The largest absolute Gasteiger partial charge is 0.383 e. The van der Waals surface area contributed by atoms with Crippen LogP contribution in [0, 0.1) is 5.41 Å². The number of rotatable bonds is 4. The van der Waals surface area contributed by atoms with Crippen LogP contribution in [0.1, 0.15) is 26.3 Å². The van der Waals surface area contributed by atoms with Crippen LogP contribution in [0.15, 0.2) is 60.9 Å². The lowest BCUT2D eigenvalue weighted by Gasteiger charge is -2.17. The van der Waals surface area contributed by atoms with E-state index >= 15 is 0 Å². The summed E-state index contributed by atoms with van der Waals surface area (Å²) in [6.45, 7) is 6.17. The third-order valence-electron chi connectivity index (χ3n) is 4.82. The van der Waals surface area contributed by atoms with Gasteiger partial charge in [-0.25, -0.2) is 15.0 Å². The van der Waals surface area contributed by atoms with Gasteiger partial charge >= 0.3 is 0 Å². The molecule has 30 heavy (non-hydrogen) atoms. The number of nitrogens with two attached hydrogens (primary N) is 1. The molecule has 3 N–H and O–H groups in total. The highest BCUT2D eigenvalue weighted by atomic mass is 16.2. The van der Waals surface area contributed by atoms with Crippen LogP contribution < -0.4 is 11.1 Å². The van der Waals surface area contributed by atoms with Crippen LogP contribution in [0.25, 0.3) is 28.2 Å². The SMILES string of the molecule is CC(C)(C)C(=O)NCc1ccc(-n2c(-c3cccnc3N)nc3cccnc32)cc1. The molecule has 0 aliphatic carbocycles. The van der Waals surface area contributed by atoms with Crippen LogP contribution in [-0.2, 0) is 11.3 Å². The van der Waals surface area contributed by atoms with Crippen LogP contribution in [0.4, 0.5) is 5.82 Å². The fourth-order valence-corrected chi connectivity index (χ4v) is 3.15. The molecule has 0 aliphatic heterocycles. The highest BCUT2D eigenvalue weighted by Crippen LogP contribution is 2.30. The summed E-state index contributed by atoms with van der Waals surface area (Å²) in [5, 5.41) is 2.97. The number of nitrogen functional groups attached to an aromatic ring is 1. The molecule has 4 aromatic rings. The number of pyridine rings is 2. The molecule has 0 saturated carbocycles. The van der Waals surface area contributed by atoms with Crippen molar-refractivity contribution in [2.45, 2.75) is 27.3 Å². The van der Waals surface area contributed by atoms with Crippen LogP contribution >= 0.6 is 0 Å². The van der Waals surface area contributed by atoms with Crippen molar-refractivity contribution in [3.05, 3.63) is 66.5 Å². The number of carbonyl (C=O) groups excluding carboxylic acids is 1. The highest BCUT2D eigenvalue weighted by Gasteiger charge is 2.21. The third kappa shape index (κ3) is 3.74. The number of hydrogen-bond donors (Lipinski definition) is 2. The second-order valence-corrected chi connectivity index (χ2v) is 8.15. The van der Waals surface area contributed by atoms with Gasteiger partial charge in [0.25, 0.3) is 0 Å². The van der Waals surface area contributed by atoms with Crippen molar-refractivity contribution in [3.8, 4) is 17.1 Å². The number of anilines is 1. The van der Waals surface area contributed by atoms with Gasteiger partial charge in [-0.1, -0.05) is 32.9 Å². The lowest BCUT2D eigenvalue weighted by molar-refractivity contribution is -0.128. The molecular formula is C23H24N6O. The zero-order valence-electron chi connectivity index (χ0n) is 17.3. The van der Waals surface area contributed by atoms with E-state index in [0.29, 0.717) is 18.2 Å². The fourth-order valence-electron chi connectivity index (χ4n) is 3.15. The molecular weight excluding hydrogens is 376 g/mol. The second-order valence-electron chi connectivity index (χ2n) is 8.15. The number of amides is 1. The number of fused-ring (bicyclic) bond motifs is 1. The number of nitrogens with zero attached hydrogens (tertiary/aromatic N) is 4. The summed E-state index contributed by atoms with van der Waals surface area (Å²) in [6.07, 6.45) is 3.40. The summed E-state index contributed by atoms with van der Waals surface area (Å²) in [6, 6.07) is 15.5. The predicted octanol–water partition coefficient (Wildman–Crippen LogP) is 3.73. The maximum absolute atomic E-state index is 12.1. The Balaban J connectivity index is 1.72. The van der Waals surface area contributed by atoms with E-state index in [0.717, 1.165) is 28.0 Å². The van der Waals surface area contributed by atoms with Crippen molar-refractivity contribution in [1.29, 1.82) is 0 Å². The number of benzene rings is 1. The molecule has 0 fully saturated rings. The maximum atomic E-state index is 12.1. The molecule has 0 bridgehead atoms. The van der Waals surface area contributed by atoms with E-state index in [1.165, 1.54) is 0 Å². The van der Waals surface area contributed by atoms with E-state index in [4.69, 9.17) is 10.7 Å². The van der Waals surface area contributed by atoms with Crippen molar-refractivity contribution in [1.82, 2.24) is 24.8 Å². The molecule has 4 rings (SSSR count). The Labute approximate surface area is 175 Å². The first-order chi connectivity index (χ1) is 14.3. The van der Waals surface area contributed by atoms with Gasteiger partial charge in [-0.05, 0) is 42.0 Å². The molecule has 7 nitrogen and oxygen atoms in total. The van der Waals surface area contributed by atoms with Gasteiger partial charge in [0.2, 0.25) is 5.91 Å². The van der Waals surface area contributed by atoms with E-state index in [9.17, 15) is 4.79 Å². The summed E-state index contributed by atoms with van der Waals surface area (Å²) in [7, 11) is 0. The second kappa shape index (κ2) is 7.59. The minimum atomic E-state index is -0.417. The Morgan fingerprint density at radius 1 is 1.03 bits per heavy atom. The van der Waals surface area contributed by atoms with Gasteiger partial charge in [0.05, 0.1) is 5.56 Å². The Morgan fingerprint density at radius 3 is 2.43 bits per heavy atom. The fraction of sp³-hybridized carbons (Fsp3) is 0.217. The standard InChI is InChI=1S/C23H24N6O/c1-23(2,3)22(30)27-14-15-8-10-16(11-9-15)29-20(17-6-4-12-25-19(17)24)28-18-7-5-13-26-21(18)29/h4-13H,14H2,1-3H3,(H2,24,25)(H,27,30). The number of aromatic nitrogens is 4. The first-order valence-corrected chi connectivity index (χ1v) is 9.76. The average Bonchev–Trinajstić information content (AvgIpc) is 3.11. The van der Waals surface area contributed by atoms with E-state index in [-0.39, 0.29) is 5.91 Å². The predicted molar refractivity (Wildman–Crippen MR) is 118 cm³/mol. The molecule has 0 atom stereocenters. The molecule has 7 heteroatoms.